The summed E-state index contributed by atoms with van der Waals surface area (Å²) in [7, 11) is 0. The monoisotopic (exact) mass is 294 g/mol. The van der Waals surface area contributed by atoms with Gasteiger partial charge in [0.2, 0.25) is 0 Å². The lowest BCUT2D eigenvalue weighted by molar-refractivity contribution is -0.154. The highest BCUT2D eigenvalue weighted by Crippen LogP contribution is 2.00. The first kappa shape index (κ1) is 18.2. The number of esters is 1. The smallest absolute Gasteiger partial charge is 0.335 e. The highest BCUT2D eigenvalue weighted by atomic mass is 32.1. The van der Waals surface area contributed by atoms with Crippen molar-refractivity contribution in [2.45, 2.75) is 26.4 Å². The van der Waals surface area contributed by atoms with Gasteiger partial charge in [-0.3, -0.25) is 0 Å². The van der Waals surface area contributed by atoms with Crippen molar-refractivity contribution in [2.75, 3.05) is 39.6 Å². The third-order valence-corrected chi connectivity index (χ3v) is 2.29. The molecule has 19 heavy (non-hydrogen) atoms. The maximum Gasteiger partial charge on any atom is 0.335 e. The maximum absolute atomic E-state index is 11.4. The van der Waals surface area contributed by atoms with E-state index in [4.69, 9.17) is 31.2 Å². The zero-order valence-corrected chi connectivity index (χ0v) is 12.2. The molecule has 0 aliphatic carbocycles. The second-order valence-electron chi connectivity index (χ2n) is 3.50. The fourth-order valence-corrected chi connectivity index (χ4v) is 1.34. The summed E-state index contributed by atoms with van der Waals surface area (Å²) in [6.07, 6.45) is -1.37. The third-order valence-electron chi connectivity index (χ3n) is 2.00. The van der Waals surface area contributed by atoms with Gasteiger partial charge in [0, 0.05) is 13.2 Å². The summed E-state index contributed by atoms with van der Waals surface area (Å²) in [5.41, 5.74) is 0. The molecule has 0 radical (unpaired) electrons. The Labute approximate surface area is 119 Å². The van der Waals surface area contributed by atoms with Gasteiger partial charge in [-0.25, -0.2) is 4.79 Å². The van der Waals surface area contributed by atoms with E-state index in [-0.39, 0.29) is 18.1 Å². The number of aliphatic hydroxyl groups is 1. The van der Waals surface area contributed by atoms with Gasteiger partial charge < -0.3 is 24.1 Å². The highest BCUT2D eigenvalue weighted by Gasteiger charge is 2.19. The molecule has 1 N–H and O–H groups in total. The summed E-state index contributed by atoms with van der Waals surface area (Å²) in [6.45, 7) is 6.02. The molecule has 7 heteroatoms. The molecule has 1 atom stereocenters. The molecule has 0 saturated heterocycles. The van der Waals surface area contributed by atoms with Crippen molar-refractivity contribution in [3.05, 3.63) is 0 Å². The van der Waals surface area contributed by atoms with Gasteiger partial charge in [0.25, 0.3) is 0 Å². The molecule has 0 saturated carbocycles. The molecule has 0 fully saturated rings. The van der Waals surface area contributed by atoms with Crippen LogP contribution in [0.5, 0.6) is 0 Å². The Bertz CT molecular complexity index is 259. The van der Waals surface area contributed by atoms with Crippen molar-refractivity contribution < 1.29 is 28.8 Å². The van der Waals surface area contributed by atoms with Crippen LogP contribution in [0.4, 0.5) is 0 Å². The lowest BCUT2D eigenvalue weighted by Gasteiger charge is -2.12. The predicted molar refractivity (Wildman–Crippen MR) is 73.1 cm³/mol. The summed E-state index contributed by atoms with van der Waals surface area (Å²) in [5, 5.41) is 9.69. The Morgan fingerprint density at radius 2 is 1.58 bits per heavy atom. The highest BCUT2D eigenvalue weighted by molar-refractivity contribution is 7.80. The average Bonchev–Trinajstić information content (AvgIpc) is 2.39. The van der Waals surface area contributed by atoms with E-state index in [1.807, 2.05) is 13.8 Å². The largest absolute Gasteiger partial charge is 0.485 e. The van der Waals surface area contributed by atoms with Crippen molar-refractivity contribution in [1.82, 2.24) is 0 Å². The van der Waals surface area contributed by atoms with Crippen LogP contribution < -0.4 is 0 Å². The molecule has 0 aromatic carbocycles. The van der Waals surface area contributed by atoms with Crippen molar-refractivity contribution in [1.29, 1.82) is 0 Å². The fourth-order valence-electron chi connectivity index (χ4n) is 1.10. The number of thiocarbonyl (C=S) groups is 1. The summed E-state index contributed by atoms with van der Waals surface area (Å²) in [5.74, 6) is -0.726. The van der Waals surface area contributed by atoms with E-state index in [0.717, 1.165) is 0 Å². The van der Waals surface area contributed by atoms with Gasteiger partial charge in [0.15, 0.2) is 11.2 Å². The Balaban J connectivity index is 3.66. The molecule has 0 rings (SSSR count). The lowest BCUT2D eigenvalue weighted by Crippen LogP contribution is -2.27. The van der Waals surface area contributed by atoms with E-state index in [9.17, 15) is 9.90 Å². The van der Waals surface area contributed by atoms with E-state index >= 15 is 0 Å². The molecular formula is C12H22O6S. The second kappa shape index (κ2) is 12.3. The Kier molecular flexibility index (Phi) is 11.8. The topological polar surface area (TPSA) is 74.2 Å². The summed E-state index contributed by atoms with van der Waals surface area (Å²) < 4.78 is 20.0. The molecule has 0 aliphatic rings. The SMILES string of the molecule is CCOCCOC(=O)C(O)CC(=S)OCCOCC. The number of rotatable bonds is 11. The van der Waals surface area contributed by atoms with Crippen molar-refractivity contribution in [3.63, 3.8) is 0 Å². The number of carbonyl (C=O) groups is 1. The van der Waals surface area contributed by atoms with Crippen LogP contribution in [0.15, 0.2) is 0 Å². The van der Waals surface area contributed by atoms with Crippen LogP contribution in [-0.2, 0) is 23.7 Å². The molecule has 0 aromatic rings. The normalized spacial score (nSPS) is 11.9. The zero-order valence-electron chi connectivity index (χ0n) is 11.4. The van der Waals surface area contributed by atoms with Gasteiger partial charge in [-0.2, -0.15) is 0 Å². The van der Waals surface area contributed by atoms with Crippen molar-refractivity contribution in [3.8, 4) is 0 Å². The van der Waals surface area contributed by atoms with Crippen molar-refractivity contribution in [2.24, 2.45) is 0 Å². The standard InChI is InChI=1S/C12H22O6S/c1-3-15-5-7-17-11(19)9-10(13)12(14)18-8-6-16-4-2/h10,13H,3-9H2,1-2H3. The van der Waals surface area contributed by atoms with Gasteiger partial charge in [-0.15, -0.1) is 0 Å². The molecule has 0 bridgehead atoms. The minimum absolute atomic E-state index is 0.0606. The number of carbonyl (C=O) groups excluding carboxylic acids is 1. The van der Waals surface area contributed by atoms with Crippen LogP contribution in [0.3, 0.4) is 0 Å². The molecule has 0 spiro atoms. The Morgan fingerprint density at radius 1 is 1.05 bits per heavy atom. The van der Waals surface area contributed by atoms with Crippen LogP contribution in [0.1, 0.15) is 20.3 Å². The van der Waals surface area contributed by atoms with Gasteiger partial charge in [-0.1, -0.05) is 0 Å². The first-order valence-corrected chi connectivity index (χ1v) is 6.68. The quantitative estimate of drug-likeness (QED) is 0.341. The first-order valence-electron chi connectivity index (χ1n) is 6.27. The molecule has 0 amide bonds. The minimum Gasteiger partial charge on any atom is -0.485 e. The zero-order chi connectivity index (χ0) is 14.5. The Morgan fingerprint density at radius 3 is 2.11 bits per heavy atom. The summed E-state index contributed by atoms with van der Waals surface area (Å²) in [4.78, 5) is 11.4. The molecule has 0 aromatic heterocycles. The van der Waals surface area contributed by atoms with Crippen LogP contribution in [0, 0.1) is 0 Å². The Hall–Kier alpha value is -0.760. The lowest BCUT2D eigenvalue weighted by atomic mass is 10.3. The summed E-state index contributed by atoms with van der Waals surface area (Å²) >= 11 is 4.88. The van der Waals surface area contributed by atoms with E-state index < -0.39 is 12.1 Å². The van der Waals surface area contributed by atoms with Gasteiger partial charge in [-0.05, 0) is 26.1 Å². The van der Waals surface area contributed by atoms with Crippen LogP contribution in [0.2, 0.25) is 0 Å². The van der Waals surface area contributed by atoms with E-state index in [1.54, 1.807) is 0 Å². The molecular weight excluding hydrogens is 272 g/mol. The number of ether oxygens (including phenoxy) is 4. The van der Waals surface area contributed by atoms with E-state index in [2.05, 4.69) is 0 Å². The van der Waals surface area contributed by atoms with Crippen LogP contribution in [0.25, 0.3) is 0 Å². The second-order valence-corrected chi connectivity index (χ2v) is 3.96. The number of hydrogen-bond donors (Lipinski definition) is 1. The fraction of sp³-hybridized carbons (Fsp3) is 0.833. The predicted octanol–water partition coefficient (Wildman–Crippen LogP) is 0.698. The van der Waals surface area contributed by atoms with E-state index in [1.165, 1.54) is 0 Å². The summed E-state index contributed by atoms with van der Waals surface area (Å²) in [6, 6.07) is 0. The van der Waals surface area contributed by atoms with Gasteiger partial charge in [0.1, 0.15) is 13.2 Å². The van der Waals surface area contributed by atoms with Crippen molar-refractivity contribution >= 4 is 23.2 Å². The number of hydrogen-bond acceptors (Lipinski definition) is 7. The molecule has 112 valence electrons. The van der Waals surface area contributed by atoms with E-state index in [0.29, 0.717) is 33.0 Å². The maximum atomic E-state index is 11.4. The first-order chi connectivity index (χ1) is 9.11. The van der Waals surface area contributed by atoms with Crippen LogP contribution >= 0.6 is 12.2 Å². The average molecular weight is 294 g/mol. The molecule has 0 aliphatic heterocycles. The minimum atomic E-state index is -1.30. The molecule has 0 heterocycles. The van der Waals surface area contributed by atoms with Gasteiger partial charge in [0.05, 0.1) is 19.6 Å². The number of aliphatic hydroxyl groups excluding tert-OH is 1. The third kappa shape index (κ3) is 10.8. The van der Waals surface area contributed by atoms with Gasteiger partial charge >= 0.3 is 5.97 Å². The molecule has 1 unspecified atom stereocenters. The molecule has 6 nitrogen and oxygen atoms in total. The van der Waals surface area contributed by atoms with Crippen LogP contribution in [-0.4, -0.2) is 61.9 Å².